The van der Waals surface area contributed by atoms with E-state index in [0.717, 1.165) is 18.5 Å². The fourth-order valence-electron chi connectivity index (χ4n) is 2.13. The summed E-state index contributed by atoms with van der Waals surface area (Å²) in [6.07, 6.45) is 0.919. The van der Waals surface area contributed by atoms with Crippen molar-refractivity contribution in [1.29, 1.82) is 0 Å². The molecular formula is C11H13NO2. The average Bonchev–Trinajstić information content (AvgIpc) is 2.67. The van der Waals surface area contributed by atoms with E-state index in [0.29, 0.717) is 0 Å². The molecule has 0 radical (unpaired) electrons. The molecule has 1 aromatic carbocycles. The van der Waals surface area contributed by atoms with Crippen LogP contribution in [0.1, 0.15) is 17.9 Å². The highest BCUT2D eigenvalue weighted by molar-refractivity contribution is 5.71. The standard InChI is InChI=1S/C11H13NO2/c13-11(14)10-9(6-7-12-10)8-4-2-1-3-5-8/h1-5,9-10,12H,6-7H2,(H,13,14)/t9-,10+/m0/s1. The van der Waals surface area contributed by atoms with Crippen LogP contribution in [0.25, 0.3) is 0 Å². The summed E-state index contributed by atoms with van der Waals surface area (Å²) in [6.45, 7) is 0.873. The molecule has 1 aromatic rings. The Morgan fingerprint density at radius 1 is 1.36 bits per heavy atom. The van der Waals surface area contributed by atoms with Crippen molar-refractivity contribution < 1.29 is 15.2 Å². The summed E-state index contributed by atoms with van der Waals surface area (Å²) in [4.78, 5) is 10.8. The highest BCUT2D eigenvalue weighted by Crippen LogP contribution is 2.23. The Labute approximate surface area is 82.8 Å². The van der Waals surface area contributed by atoms with Gasteiger partial charge in [-0.2, -0.15) is 0 Å². The predicted octanol–water partition coefficient (Wildman–Crippen LogP) is -1.14. The van der Waals surface area contributed by atoms with Crippen LogP contribution >= 0.6 is 0 Å². The molecule has 1 fully saturated rings. The number of carbonyl (C=O) groups excluding carboxylic acids is 1. The second-order valence-electron chi connectivity index (χ2n) is 3.68. The zero-order valence-electron chi connectivity index (χ0n) is 7.85. The number of quaternary nitrogens is 1. The largest absolute Gasteiger partial charge is 0.544 e. The van der Waals surface area contributed by atoms with E-state index in [1.54, 1.807) is 0 Å². The van der Waals surface area contributed by atoms with Gasteiger partial charge in [0, 0.05) is 12.3 Å². The van der Waals surface area contributed by atoms with Gasteiger partial charge in [0.1, 0.15) is 6.04 Å². The first-order valence-electron chi connectivity index (χ1n) is 4.88. The topological polar surface area (TPSA) is 56.7 Å². The Balaban J connectivity index is 2.22. The van der Waals surface area contributed by atoms with Gasteiger partial charge in [0.05, 0.1) is 12.5 Å². The van der Waals surface area contributed by atoms with E-state index in [4.69, 9.17) is 0 Å². The smallest absolute Gasteiger partial charge is 0.133 e. The Kier molecular flexibility index (Phi) is 2.50. The van der Waals surface area contributed by atoms with Crippen molar-refractivity contribution in [2.45, 2.75) is 18.4 Å². The van der Waals surface area contributed by atoms with Gasteiger partial charge in [-0.05, 0) is 5.56 Å². The first-order chi connectivity index (χ1) is 6.79. The van der Waals surface area contributed by atoms with Gasteiger partial charge in [-0.1, -0.05) is 30.3 Å². The minimum Gasteiger partial charge on any atom is -0.544 e. The first-order valence-corrected chi connectivity index (χ1v) is 4.88. The quantitative estimate of drug-likeness (QED) is 0.642. The van der Waals surface area contributed by atoms with Crippen LogP contribution in [0.5, 0.6) is 0 Å². The van der Waals surface area contributed by atoms with E-state index in [9.17, 15) is 9.90 Å². The minimum atomic E-state index is -0.948. The van der Waals surface area contributed by atoms with Crippen LogP contribution in [-0.2, 0) is 4.79 Å². The van der Waals surface area contributed by atoms with Crippen LogP contribution in [0, 0.1) is 0 Å². The number of hydrogen-bond donors (Lipinski definition) is 1. The monoisotopic (exact) mass is 191 g/mol. The molecule has 2 atom stereocenters. The van der Waals surface area contributed by atoms with Crippen molar-refractivity contribution in [3.05, 3.63) is 35.9 Å². The molecular weight excluding hydrogens is 178 g/mol. The third kappa shape index (κ3) is 1.63. The number of hydrogen-bond acceptors (Lipinski definition) is 2. The number of aliphatic carboxylic acids is 1. The van der Waals surface area contributed by atoms with Crippen molar-refractivity contribution in [2.75, 3.05) is 6.54 Å². The molecule has 0 spiro atoms. The van der Waals surface area contributed by atoms with Gasteiger partial charge in [-0.3, -0.25) is 0 Å². The summed E-state index contributed by atoms with van der Waals surface area (Å²) < 4.78 is 0. The lowest BCUT2D eigenvalue weighted by Crippen LogP contribution is -2.90. The first kappa shape index (κ1) is 9.21. The van der Waals surface area contributed by atoms with Crippen LogP contribution in [0.4, 0.5) is 0 Å². The van der Waals surface area contributed by atoms with Gasteiger partial charge >= 0.3 is 0 Å². The molecule has 1 aliphatic heterocycles. The molecule has 3 heteroatoms. The van der Waals surface area contributed by atoms with E-state index >= 15 is 0 Å². The maximum Gasteiger partial charge on any atom is 0.133 e. The molecule has 14 heavy (non-hydrogen) atoms. The Morgan fingerprint density at radius 2 is 2.07 bits per heavy atom. The number of benzene rings is 1. The van der Waals surface area contributed by atoms with E-state index < -0.39 is 12.0 Å². The van der Waals surface area contributed by atoms with Crippen LogP contribution in [0.2, 0.25) is 0 Å². The summed E-state index contributed by atoms with van der Waals surface area (Å²) in [7, 11) is 0. The molecule has 1 saturated heterocycles. The molecule has 0 unspecified atom stereocenters. The van der Waals surface area contributed by atoms with E-state index in [2.05, 4.69) is 0 Å². The Morgan fingerprint density at radius 3 is 2.71 bits per heavy atom. The molecule has 0 bridgehead atoms. The van der Waals surface area contributed by atoms with Gasteiger partial charge in [0.2, 0.25) is 0 Å². The van der Waals surface area contributed by atoms with Gasteiger partial charge in [-0.15, -0.1) is 0 Å². The van der Waals surface area contributed by atoms with E-state index in [1.165, 1.54) is 0 Å². The molecule has 0 aromatic heterocycles. The van der Waals surface area contributed by atoms with Crippen LogP contribution in [0.3, 0.4) is 0 Å². The van der Waals surface area contributed by atoms with Crippen LogP contribution in [-0.4, -0.2) is 18.6 Å². The van der Waals surface area contributed by atoms with Crippen molar-refractivity contribution in [2.24, 2.45) is 0 Å². The van der Waals surface area contributed by atoms with Gasteiger partial charge in [0.25, 0.3) is 0 Å². The van der Waals surface area contributed by atoms with Crippen molar-refractivity contribution in [3.63, 3.8) is 0 Å². The fourth-order valence-corrected chi connectivity index (χ4v) is 2.13. The van der Waals surface area contributed by atoms with Gasteiger partial charge in [0.15, 0.2) is 0 Å². The molecule has 0 aliphatic carbocycles. The van der Waals surface area contributed by atoms with Crippen molar-refractivity contribution >= 4 is 5.97 Å². The third-order valence-corrected chi connectivity index (χ3v) is 2.83. The number of rotatable bonds is 2. The fraction of sp³-hybridized carbons (Fsp3) is 0.364. The lowest BCUT2D eigenvalue weighted by Gasteiger charge is -2.17. The normalized spacial score (nSPS) is 26.3. The Bertz CT molecular complexity index is 323. The number of carboxylic acids is 1. The zero-order chi connectivity index (χ0) is 9.97. The predicted molar refractivity (Wildman–Crippen MR) is 49.4 cm³/mol. The summed E-state index contributed by atoms with van der Waals surface area (Å²) in [5, 5.41) is 12.7. The average molecular weight is 191 g/mol. The van der Waals surface area contributed by atoms with Gasteiger partial charge < -0.3 is 15.2 Å². The highest BCUT2D eigenvalue weighted by Gasteiger charge is 2.32. The number of carbonyl (C=O) groups is 1. The van der Waals surface area contributed by atoms with Gasteiger partial charge in [-0.25, -0.2) is 0 Å². The highest BCUT2D eigenvalue weighted by atomic mass is 16.4. The molecule has 3 nitrogen and oxygen atoms in total. The van der Waals surface area contributed by atoms with Crippen LogP contribution in [0.15, 0.2) is 30.3 Å². The summed E-state index contributed by atoms with van der Waals surface area (Å²) in [5.41, 5.74) is 1.11. The molecule has 0 saturated carbocycles. The number of nitrogens with two attached hydrogens (primary N) is 1. The third-order valence-electron chi connectivity index (χ3n) is 2.83. The molecule has 2 rings (SSSR count). The Hall–Kier alpha value is -1.35. The molecule has 0 amide bonds. The molecule has 2 N–H and O–H groups in total. The summed E-state index contributed by atoms with van der Waals surface area (Å²) in [5.74, 6) is -0.836. The van der Waals surface area contributed by atoms with Crippen LogP contribution < -0.4 is 10.4 Å². The SMILES string of the molecule is O=C([O-])[C@@H]1[NH2+]CC[C@H]1c1ccccc1. The second kappa shape index (κ2) is 3.80. The lowest BCUT2D eigenvalue weighted by molar-refractivity contribution is -0.665. The summed E-state index contributed by atoms with van der Waals surface area (Å²) in [6, 6.07) is 9.40. The molecule has 1 aliphatic rings. The van der Waals surface area contributed by atoms with Crippen molar-refractivity contribution in [1.82, 2.24) is 0 Å². The van der Waals surface area contributed by atoms with E-state index in [1.807, 2.05) is 35.6 Å². The lowest BCUT2D eigenvalue weighted by atomic mass is 9.92. The van der Waals surface area contributed by atoms with Crippen molar-refractivity contribution in [3.8, 4) is 0 Å². The summed E-state index contributed by atoms with van der Waals surface area (Å²) >= 11 is 0. The van der Waals surface area contributed by atoms with E-state index in [-0.39, 0.29) is 5.92 Å². The molecule has 1 heterocycles. The second-order valence-corrected chi connectivity index (χ2v) is 3.68. The minimum absolute atomic E-state index is 0.112. The number of carboxylic acid groups (broad SMARTS) is 1. The zero-order valence-corrected chi connectivity index (χ0v) is 7.85. The maximum absolute atomic E-state index is 10.8. The maximum atomic E-state index is 10.8. The molecule has 74 valence electrons.